The van der Waals surface area contributed by atoms with Crippen LogP contribution < -0.4 is 4.74 Å². The van der Waals surface area contributed by atoms with Crippen LogP contribution in [0.1, 0.15) is 17.0 Å². The van der Waals surface area contributed by atoms with E-state index in [2.05, 4.69) is 25.1 Å². The first-order chi connectivity index (χ1) is 13.5. The van der Waals surface area contributed by atoms with Crippen molar-refractivity contribution in [2.45, 2.75) is 19.5 Å². The Morgan fingerprint density at radius 2 is 1.69 bits per heavy atom. The molecule has 1 aromatic carbocycles. The quantitative estimate of drug-likeness (QED) is 0.633. The number of H-pyrrole nitrogens is 1. The molecule has 0 radical (unpaired) electrons. The van der Waals surface area contributed by atoms with E-state index in [4.69, 9.17) is 5.26 Å². The van der Waals surface area contributed by atoms with Crippen molar-refractivity contribution in [1.29, 1.82) is 5.26 Å². The van der Waals surface area contributed by atoms with Gasteiger partial charge in [0, 0.05) is 16.8 Å². The molecular weight excluding hydrogens is 404 g/mol. The van der Waals surface area contributed by atoms with Crippen LogP contribution in [-0.4, -0.2) is 26.8 Å². The van der Waals surface area contributed by atoms with E-state index in [9.17, 15) is 26.3 Å². The van der Waals surface area contributed by atoms with Gasteiger partial charge in [0.05, 0.1) is 11.3 Å². The van der Waals surface area contributed by atoms with Crippen molar-refractivity contribution in [3.05, 3.63) is 47.3 Å². The van der Waals surface area contributed by atoms with Crippen LogP contribution in [0.3, 0.4) is 0 Å². The number of hydrogen-bond donors (Lipinski definition) is 1. The number of halogens is 6. The smallest absolute Gasteiger partial charge is 0.406 e. The Bertz CT molecular complexity index is 1100. The number of aromatic amines is 1. The molecule has 0 spiro atoms. The second kappa shape index (κ2) is 7.08. The molecule has 0 saturated heterocycles. The lowest BCUT2D eigenvalue weighted by Crippen LogP contribution is -2.17. The molecule has 6 nitrogen and oxygen atoms in total. The molecule has 3 rings (SSSR count). The van der Waals surface area contributed by atoms with Crippen molar-refractivity contribution in [2.75, 3.05) is 0 Å². The highest BCUT2D eigenvalue weighted by Gasteiger charge is 2.33. The van der Waals surface area contributed by atoms with Crippen LogP contribution in [0.25, 0.3) is 22.5 Å². The number of rotatable bonds is 3. The molecule has 0 aliphatic rings. The highest BCUT2D eigenvalue weighted by atomic mass is 19.4. The normalized spacial score (nSPS) is 11.9. The molecule has 0 atom stereocenters. The summed E-state index contributed by atoms with van der Waals surface area (Å²) in [6.45, 7) is 1.32. The van der Waals surface area contributed by atoms with Gasteiger partial charge in [0.1, 0.15) is 17.5 Å². The molecule has 150 valence electrons. The van der Waals surface area contributed by atoms with E-state index >= 15 is 0 Å². The Morgan fingerprint density at radius 1 is 1.00 bits per heavy atom. The third-order valence-electron chi connectivity index (χ3n) is 3.65. The number of nitrogens with one attached hydrogen (secondary N) is 1. The highest BCUT2D eigenvalue weighted by molar-refractivity contribution is 5.74. The average molecular weight is 413 g/mol. The minimum atomic E-state index is -5.05. The van der Waals surface area contributed by atoms with Crippen molar-refractivity contribution in [3.63, 3.8) is 0 Å². The molecule has 1 N–H and O–H groups in total. The summed E-state index contributed by atoms with van der Waals surface area (Å²) < 4.78 is 81.4. The summed E-state index contributed by atoms with van der Waals surface area (Å²) in [6, 6.07) is 6.32. The van der Waals surface area contributed by atoms with Crippen LogP contribution in [0, 0.1) is 18.3 Å². The number of benzene rings is 1. The second-order valence-corrected chi connectivity index (χ2v) is 5.82. The van der Waals surface area contributed by atoms with Gasteiger partial charge in [0.2, 0.25) is 0 Å². The molecule has 2 aromatic heterocycles. The Balaban J connectivity index is 2.21. The number of nitriles is 1. The average Bonchev–Trinajstić information content (AvgIpc) is 3.07. The molecule has 0 fully saturated rings. The van der Waals surface area contributed by atoms with Crippen LogP contribution in [0.4, 0.5) is 26.3 Å². The minimum Gasteiger partial charge on any atom is -0.406 e. The lowest BCUT2D eigenvalue weighted by atomic mass is 10.0. The topological polar surface area (TPSA) is 87.5 Å². The number of nitrogens with zero attached hydrogens (tertiary/aromatic N) is 4. The predicted octanol–water partition coefficient (Wildman–Crippen LogP) is 4.63. The molecule has 0 saturated carbocycles. The summed E-state index contributed by atoms with van der Waals surface area (Å²) in [5.41, 5.74) is -1.58. The summed E-state index contributed by atoms with van der Waals surface area (Å²) in [7, 11) is 0. The van der Waals surface area contributed by atoms with Gasteiger partial charge in [-0.2, -0.15) is 18.4 Å². The largest absolute Gasteiger partial charge is 0.573 e. The third-order valence-corrected chi connectivity index (χ3v) is 3.65. The second-order valence-electron chi connectivity index (χ2n) is 5.82. The van der Waals surface area contributed by atoms with Gasteiger partial charge in [-0.1, -0.05) is 5.21 Å². The maximum Gasteiger partial charge on any atom is 0.573 e. The fourth-order valence-corrected chi connectivity index (χ4v) is 2.56. The van der Waals surface area contributed by atoms with Gasteiger partial charge in [0.15, 0.2) is 5.69 Å². The van der Waals surface area contributed by atoms with E-state index in [0.717, 1.165) is 18.2 Å². The fourth-order valence-electron chi connectivity index (χ4n) is 2.56. The van der Waals surface area contributed by atoms with Gasteiger partial charge in [-0.05, 0) is 37.3 Å². The van der Waals surface area contributed by atoms with E-state index in [1.807, 2.05) is 0 Å². The Morgan fingerprint density at radius 3 is 2.31 bits per heavy atom. The van der Waals surface area contributed by atoms with E-state index in [1.54, 1.807) is 6.07 Å². The van der Waals surface area contributed by atoms with Gasteiger partial charge < -0.3 is 4.74 Å². The Labute approximate surface area is 158 Å². The molecular formula is C17H9F6N5O. The van der Waals surface area contributed by atoms with Crippen LogP contribution >= 0.6 is 0 Å². The first-order valence-corrected chi connectivity index (χ1v) is 7.75. The zero-order valence-corrected chi connectivity index (χ0v) is 14.4. The summed E-state index contributed by atoms with van der Waals surface area (Å²) in [4.78, 5) is 3.97. The van der Waals surface area contributed by atoms with Gasteiger partial charge in [-0.15, -0.1) is 18.3 Å². The molecule has 0 unspecified atom stereocenters. The number of hydrogen-bond acceptors (Lipinski definition) is 5. The number of aryl methyl sites for hydroxylation is 1. The van der Waals surface area contributed by atoms with Crippen LogP contribution in [0.15, 0.2) is 30.3 Å². The van der Waals surface area contributed by atoms with E-state index in [0.29, 0.717) is 6.07 Å². The van der Waals surface area contributed by atoms with Crippen molar-refractivity contribution in [3.8, 4) is 34.3 Å². The standard InChI is InChI=1S/C17H9F6N5O/c1-8-2-11(16(18,19)20)6-13(25-8)9-3-10(15-14(7-24)26-28-27-15)5-12(4-9)29-17(21,22)23/h2-6H,1H3,(H,26,27,28). The summed E-state index contributed by atoms with van der Waals surface area (Å²) >= 11 is 0. The summed E-state index contributed by atoms with van der Waals surface area (Å²) in [6.07, 6.45) is -9.72. The molecule has 0 aliphatic heterocycles. The predicted molar refractivity (Wildman–Crippen MR) is 86.2 cm³/mol. The van der Waals surface area contributed by atoms with Crippen LogP contribution in [0.2, 0.25) is 0 Å². The maximum absolute atomic E-state index is 13.1. The zero-order valence-electron chi connectivity index (χ0n) is 14.4. The van der Waals surface area contributed by atoms with Crippen molar-refractivity contribution in [2.24, 2.45) is 0 Å². The van der Waals surface area contributed by atoms with Gasteiger partial charge in [0.25, 0.3) is 0 Å². The van der Waals surface area contributed by atoms with Gasteiger partial charge in [-0.25, -0.2) is 5.10 Å². The first-order valence-electron chi connectivity index (χ1n) is 7.75. The van der Waals surface area contributed by atoms with Crippen LogP contribution in [-0.2, 0) is 6.18 Å². The van der Waals surface area contributed by atoms with Crippen molar-refractivity contribution in [1.82, 2.24) is 20.4 Å². The number of alkyl halides is 6. The highest BCUT2D eigenvalue weighted by Crippen LogP contribution is 2.36. The lowest BCUT2D eigenvalue weighted by molar-refractivity contribution is -0.274. The van der Waals surface area contributed by atoms with Crippen LogP contribution in [0.5, 0.6) is 5.75 Å². The number of ether oxygens (including phenoxy) is 1. The van der Waals surface area contributed by atoms with Crippen molar-refractivity contribution < 1.29 is 31.1 Å². The molecule has 29 heavy (non-hydrogen) atoms. The van der Waals surface area contributed by atoms with Gasteiger partial charge in [-0.3, -0.25) is 4.98 Å². The molecule has 2 heterocycles. The third kappa shape index (κ3) is 4.63. The summed E-state index contributed by atoms with van der Waals surface area (Å²) in [5.74, 6) is -0.714. The Hall–Kier alpha value is -3.62. The van der Waals surface area contributed by atoms with E-state index < -0.39 is 23.9 Å². The number of pyridine rings is 1. The molecule has 3 aromatic rings. The maximum atomic E-state index is 13.1. The molecule has 0 aliphatic carbocycles. The summed E-state index contributed by atoms with van der Waals surface area (Å²) in [5, 5.41) is 18.4. The van der Waals surface area contributed by atoms with Gasteiger partial charge >= 0.3 is 12.5 Å². The molecule has 0 amide bonds. The van der Waals surface area contributed by atoms with E-state index in [-0.39, 0.29) is 33.9 Å². The SMILES string of the molecule is Cc1cc(C(F)(F)F)cc(-c2cc(OC(F)(F)F)cc(-c3nn[nH]c3C#N)c2)n1. The minimum absolute atomic E-state index is 0.0117. The fraction of sp³-hybridized carbons (Fsp3) is 0.176. The Kier molecular flexibility index (Phi) is 4.91. The monoisotopic (exact) mass is 413 g/mol. The molecule has 0 bridgehead atoms. The lowest BCUT2D eigenvalue weighted by Gasteiger charge is -2.14. The van der Waals surface area contributed by atoms with Crippen molar-refractivity contribution >= 4 is 0 Å². The first kappa shape index (κ1) is 20.1. The molecule has 12 heteroatoms. The zero-order chi connectivity index (χ0) is 21.4. The van der Waals surface area contributed by atoms with E-state index in [1.165, 1.54) is 13.0 Å². The number of aromatic nitrogens is 4.